The van der Waals surface area contributed by atoms with Gasteiger partial charge in [-0.25, -0.2) is 0 Å². The van der Waals surface area contributed by atoms with Crippen LogP contribution >= 0.6 is 22.6 Å². The number of halogens is 1. The van der Waals surface area contributed by atoms with Crippen LogP contribution in [0.4, 0.5) is 11.4 Å². The normalized spacial score (nSPS) is 11.2. The number of non-ortho nitro benzene ring substituents is 1. The number of anilines is 1. The van der Waals surface area contributed by atoms with Gasteiger partial charge in [0, 0.05) is 33.4 Å². The summed E-state index contributed by atoms with van der Waals surface area (Å²) < 4.78 is 0.852. The Hall–Kier alpha value is -1.63. The molecule has 0 aliphatic heterocycles. The van der Waals surface area contributed by atoms with Gasteiger partial charge in [0.1, 0.15) is 0 Å². The summed E-state index contributed by atoms with van der Waals surface area (Å²) in [6.07, 6.45) is 0. The van der Waals surface area contributed by atoms with Gasteiger partial charge in [0.25, 0.3) is 5.69 Å². The third-order valence-electron chi connectivity index (χ3n) is 3.44. The first-order valence-electron chi connectivity index (χ1n) is 6.63. The number of nitrogens with one attached hydrogen (secondary N) is 1. The lowest BCUT2D eigenvalue weighted by molar-refractivity contribution is -0.384. The third-order valence-corrected chi connectivity index (χ3v) is 4.33. The minimum atomic E-state index is -0.375. The molecule has 0 heterocycles. The summed E-state index contributed by atoms with van der Waals surface area (Å²) in [7, 11) is 0. The van der Waals surface area contributed by atoms with E-state index < -0.39 is 0 Å². The molecule has 1 N–H and O–H groups in total. The molecule has 0 aliphatic rings. The highest BCUT2D eigenvalue weighted by molar-refractivity contribution is 14.1. The summed E-state index contributed by atoms with van der Waals surface area (Å²) in [4.78, 5) is 10.4. The van der Waals surface area contributed by atoms with Crippen LogP contribution in [0.15, 0.2) is 48.5 Å². The van der Waals surface area contributed by atoms with Crippen LogP contribution in [0.5, 0.6) is 0 Å². The van der Waals surface area contributed by atoms with Gasteiger partial charge in [-0.15, -0.1) is 0 Å². The summed E-state index contributed by atoms with van der Waals surface area (Å²) in [5.74, 6) is 0. The van der Waals surface area contributed by atoms with Crippen molar-refractivity contribution < 1.29 is 4.92 Å². The molecule has 4 nitrogen and oxygen atoms in total. The Balaban J connectivity index is 2.11. The van der Waals surface area contributed by atoms with E-state index >= 15 is 0 Å². The molecule has 2 aromatic rings. The van der Waals surface area contributed by atoms with Crippen molar-refractivity contribution in [3.05, 3.63) is 67.8 Å². The highest BCUT2D eigenvalue weighted by Gasteiger charge is 2.20. The van der Waals surface area contributed by atoms with Gasteiger partial charge in [0.2, 0.25) is 0 Å². The molecule has 21 heavy (non-hydrogen) atoms. The van der Waals surface area contributed by atoms with E-state index in [2.05, 4.69) is 53.9 Å². The molecule has 110 valence electrons. The third kappa shape index (κ3) is 3.93. The Bertz CT molecular complexity index is 642. The van der Waals surface area contributed by atoms with E-state index in [-0.39, 0.29) is 16.0 Å². The number of hydrogen-bond acceptors (Lipinski definition) is 3. The van der Waals surface area contributed by atoms with E-state index in [9.17, 15) is 10.1 Å². The molecule has 0 radical (unpaired) electrons. The van der Waals surface area contributed by atoms with E-state index in [1.165, 1.54) is 11.6 Å². The number of rotatable bonds is 5. The van der Waals surface area contributed by atoms with Gasteiger partial charge in [0.05, 0.1) is 4.92 Å². The molecule has 0 unspecified atom stereocenters. The van der Waals surface area contributed by atoms with Gasteiger partial charge >= 0.3 is 0 Å². The van der Waals surface area contributed by atoms with Crippen molar-refractivity contribution in [2.75, 3.05) is 11.9 Å². The first-order valence-corrected chi connectivity index (χ1v) is 7.71. The monoisotopic (exact) mass is 396 g/mol. The van der Waals surface area contributed by atoms with Crippen molar-refractivity contribution in [2.45, 2.75) is 19.3 Å². The fraction of sp³-hybridized carbons (Fsp3) is 0.250. The fourth-order valence-electron chi connectivity index (χ4n) is 2.07. The van der Waals surface area contributed by atoms with E-state index in [0.717, 1.165) is 15.8 Å². The van der Waals surface area contributed by atoms with Crippen LogP contribution in [0.25, 0.3) is 0 Å². The summed E-state index contributed by atoms with van der Waals surface area (Å²) in [6.45, 7) is 5.10. The Kier molecular flexibility index (Phi) is 4.82. The van der Waals surface area contributed by atoms with Crippen LogP contribution in [0.2, 0.25) is 0 Å². The number of nitrogens with zero attached hydrogens (tertiary/aromatic N) is 1. The molecule has 0 aromatic heterocycles. The topological polar surface area (TPSA) is 55.2 Å². The molecule has 5 heteroatoms. The number of hydrogen-bond donors (Lipinski definition) is 1. The predicted octanol–water partition coefficient (Wildman–Crippen LogP) is 4.59. The SMILES string of the molecule is CC(C)(CNc1ccc([N+](=O)[O-])cc1I)c1ccccc1. The number of nitro benzene ring substituents is 1. The summed E-state index contributed by atoms with van der Waals surface area (Å²) in [6, 6.07) is 15.2. The lowest BCUT2D eigenvalue weighted by Gasteiger charge is -2.26. The molecule has 0 bridgehead atoms. The average molecular weight is 396 g/mol. The second-order valence-electron chi connectivity index (χ2n) is 5.52. The Morgan fingerprint density at radius 3 is 2.43 bits per heavy atom. The van der Waals surface area contributed by atoms with E-state index in [4.69, 9.17) is 0 Å². The lowest BCUT2D eigenvalue weighted by Crippen LogP contribution is -2.27. The molecule has 0 fully saturated rings. The molecule has 0 spiro atoms. The zero-order valence-electron chi connectivity index (χ0n) is 12.0. The quantitative estimate of drug-likeness (QED) is 0.457. The van der Waals surface area contributed by atoms with Crippen molar-refractivity contribution in [1.29, 1.82) is 0 Å². The second kappa shape index (κ2) is 6.43. The van der Waals surface area contributed by atoms with Gasteiger partial charge in [-0.2, -0.15) is 0 Å². The molecule has 0 aliphatic carbocycles. The maximum atomic E-state index is 10.7. The van der Waals surface area contributed by atoms with E-state index in [0.29, 0.717) is 0 Å². The number of nitro groups is 1. The smallest absolute Gasteiger partial charge is 0.270 e. The number of benzene rings is 2. The van der Waals surface area contributed by atoms with Crippen LogP contribution in [-0.4, -0.2) is 11.5 Å². The van der Waals surface area contributed by atoms with Crippen LogP contribution < -0.4 is 5.32 Å². The van der Waals surface area contributed by atoms with Crippen LogP contribution in [0.3, 0.4) is 0 Å². The Labute approximate surface area is 137 Å². The van der Waals surface area contributed by atoms with Crippen molar-refractivity contribution in [1.82, 2.24) is 0 Å². The van der Waals surface area contributed by atoms with Crippen molar-refractivity contribution in [2.24, 2.45) is 0 Å². The van der Waals surface area contributed by atoms with E-state index in [1.807, 2.05) is 18.2 Å². The summed E-state index contributed by atoms with van der Waals surface area (Å²) >= 11 is 2.12. The highest BCUT2D eigenvalue weighted by atomic mass is 127. The zero-order chi connectivity index (χ0) is 15.5. The molecular weight excluding hydrogens is 379 g/mol. The van der Waals surface area contributed by atoms with E-state index in [1.54, 1.807) is 12.1 Å². The van der Waals surface area contributed by atoms with Gasteiger partial charge in [0.15, 0.2) is 0 Å². The maximum absolute atomic E-state index is 10.7. The Morgan fingerprint density at radius 1 is 1.19 bits per heavy atom. The first kappa shape index (κ1) is 15.8. The minimum absolute atomic E-state index is 0.0217. The van der Waals surface area contributed by atoms with Crippen LogP contribution in [0.1, 0.15) is 19.4 Å². The Morgan fingerprint density at radius 2 is 1.86 bits per heavy atom. The summed E-state index contributed by atoms with van der Waals surface area (Å²) in [5.41, 5.74) is 2.28. The predicted molar refractivity (Wildman–Crippen MR) is 93.8 cm³/mol. The van der Waals surface area contributed by atoms with Crippen LogP contribution in [-0.2, 0) is 5.41 Å². The van der Waals surface area contributed by atoms with Crippen molar-refractivity contribution in [3.63, 3.8) is 0 Å². The van der Waals surface area contributed by atoms with Crippen LogP contribution in [0, 0.1) is 13.7 Å². The first-order chi connectivity index (χ1) is 9.90. The highest BCUT2D eigenvalue weighted by Crippen LogP contribution is 2.27. The molecule has 0 amide bonds. The lowest BCUT2D eigenvalue weighted by atomic mass is 9.84. The molecule has 0 saturated carbocycles. The zero-order valence-corrected chi connectivity index (χ0v) is 14.1. The maximum Gasteiger partial charge on any atom is 0.270 e. The summed E-state index contributed by atoms with van der Waals surface area (Å²) in [5, 5.41) is 14.1. The van der Waals surface area contributed by atoms with Gasteiger partial charge in [-0.3, -0.25) is 10.1 Å². The molecule has 2 rings (SSSR count). The second-order valence-corrected chi connectivity index (χ2v) is 6.69. The molecule has 0 atom stereocenters. The van der Waals surface area contributed by atoms with Crippen molar-refractivity contribution in [3.8, 4) is 0 Å². The average Bonchev–Trinajstić information content (AvgIpc) is 2.46. The van der Waals surface area contributed by atoms with Gasteiger partial charge in [-0.1, -0.05) is 44.2 Å². The molecule has 2 aromatic carbocycles. The van der Waals surface area contributed by atoms with Crippen molar-refractivity contribution >= 4 is 34.0 Å². The minimum Gasteiger partial charge on any atom is -0.383 e. The molecular formula is C16H17IN2O2. The standard InChI is InChI=1S/C16H17IN2O2/c1-16(2,12-6-4-3-5-7-12)11-18-15-9-8-13(19(20)21)10-14(15)17/h3-10,18H,11H2,1-2H3. The van der Waals surface area contributed by atoms with Gasteiger partial charge in [-0.05, 0) is 34.2 Å². The van der Waals surface area contributed by atoms with Gasteiger partial charge < -0.3 is 5.32 Å². The molecule has 0 saturated heterocycles. The fourth-order valence-corrected chi connectivity index (χ4v) is 2.76. The largest absolute Gasteiger partial charge is 0.383 e.